The molecule has 2 amide bonds. The molecule has 2 fully saturated rings. The fourth-order valence-electron chi connectivity index (χ4n) is 5.36. The van der Waals surface area contributed by atoms with Crippen molar-refractivity contribution in [2.45, 2.75) is 44.3 Å². The maximum absolute atomic E-state index is 13.0. The Morgan fingerprint density at radius 3 is 1.79 bits per heavy atom. The lowest BCUT2D eigenvalue weighted by molar-refractivity contribution is -0.125. The van der Waals surface area contributed by atoms with Gasteiger partial charge in [0.2, 0.25) is 0 Å². The summed E-state index contributed by atoms with van der Waals surface area (Å²) in [4.78, 5) is 25.9. The van der Waals surface area contributed by atoms with Gasteiger partial charge in [0.05, 0.1) is 0 Å². The predicted octanol–water partition coefficient (Wildman–Crippen LogP) is 4.88. The number of halogens is 2. The van der Waals surface area contributed by atoms with Crippen molar-refractivity contribution in [2.24, 2.45) is 0 Å². The van der Waals surface area contributed by atoms with E-state index in [9.17, 15) is 9.59 Å². The SMILES string of the molecule is CC(C)(c1ccc(CC2O[CH-][N+](=c3cc[c-](Cl)cc3)C2=O)cc1)c1ccc(CC2O[CH-][N+](=c3ccc(Cl)c[cH-]3)C2=O)cc1. The Labute approximate surface area is 260 Å². The highest BCUT2D eigenvalue weighted by atomic mass is 35.5. The molecule has 43 heavy (non-hydrogen) atoms. The highest BCUT2D eigenvalue weighted by molar-refractivity contribution is 6.30. The van der Waals surface area contributed by atoms with E-state index < -0.39 is 12.2 Å². The minimum Gasteiger partial charge on any atom is -0.353 e. The van der Waals surface area contributed by atoms with Gasteiger partial charge < -0.3 is 9.47 Å². The highest BCUT2D eigenvalue weighted by Crippen LogP contribution is 2.32. The third-order valence-corrected chi connectivity index (χ3v) is 8.59. The van der Waals surface area contributed by atoms with Crippen molar-refractivity contribution in [3.8, 4) is 0 Å². The Morgan fingerprint density at radius 2 is 1.28 bits per heavy atom. The zero-order chi connectivity index (χ0) is 30.1. The van der Waals surface area contributed by atoms with Gasteiger partial charge in [0.15, 0.2) is 13.5 Å². The summed E-state index contributed by atoms with van der Waals surface area (Å²) in [5.41, 5.74) is 4.09. The first-order valence-corrected chi connectivity index (χ1v) is 14.8. The zero-order valence-electron chi connectivity index (χ0n) is 23.7. The number of hydrogen-bond donors (Lipinski definition) is 0. The third-order valence-electron chi connectivity index (χ3n) is 8.09. The first-order chi connectivity index (χ1) is 20.7. The molecule has 2 unspecified atom stereocenters. The van der Waals surface area contributed by atoms with E-state index >= 15 is 0 Å². The van der Waals surface area contributed by atoms with Gasteiger partial charge in [0, 0.05) is 29.0 Å². The van der Waals surface area contributed by atoms with Crippen molar-refractivity contribution in [1.29, 1.82) is 0 Å². The normalized spacial score (nSPS) is 18.6. The molecule has 8 heteroatoms. The number of rotatable bonds is 6. The molecule has 6 nitrogen and oxygen atoms in total. The summed E-state index contributed by atoms with van der Waals surface area (Å²) < 4.78 is 14.5. The van der Waals surface area contributed by atoms with Gasteiger partial charge in [0.1, 0.15) is 12.2 Å². The second kappa shape index (κ2) is 12.0. The third kappa shape index (κ3) is 6.10. The minimum atomic E-state index is -0.575. The minimum absolute atomic E-state index is 0.105. The maximum Gasteiger partial charge on any atom is 0.311 e. The van der Waals surface area contributed by atoms with E-state index in [2.05, 4.69) is 62.4 Å². The topological polar surface area (TPSA) is 58.6 Å². The lowest BCUT2D eigenvalue weighted by atomic mass is 9.77. The average molecular weight is 614 g/mol. The van der Waals surface area contributed by atoms with Crippen LogP contribution in [-0.2, 0) is 37.3 Å². The lowest BCUT2D eigenvalue weighted by Gasteiger charge is -2.27. The van der Waals surface area contributed by atoms with Gasteiger partial charge in [-0.25, -0.2) is 0 Å². The molecule has 4 aromatic rings. The number of carbonyl (C=O) groups excluding carboxylic acids is 2. The van der Waals surface area contributed by atoms with Gasteiger partial charge in [-0.3, -0.25) is 18.7 Å². The first kappa shape index (κ1) is 29.1. The van der Waals surface area contributed by atoms with Crippen LogP contribution >= 0.6 is 23.2 Å². The molecular formula is C35H30Cl2N2O4-2. The lowest BCUT2D eigenvalue weighted by Crippen LogP contribution is -2.33. The van der Waals surface area contributed by atoms with Gasteiger partial charge in [-0.1, -0.05) is 72.4 Å². The van der Waals surface area contributed by atoms with E-state index in [1.807, 2.05) is 0 Å². The standard InChI is InChI=1S/C35H30Cl2N2O4/c1-35(2,25-7-3-23(4-8-25)19-31-33(40)38(21-42-31)29-15-11-27(36)12-16-29)26-9-5-24(6-10-26)20-32-34(41)39(22-43-32)30-17-13-28(37)14-18-30/h3-18,21-22,31-32H,19-20H2,1-2H3/q-2. The molecule has 4 aromatic carbocycles. The van der Waals surface area contributed by atoms with Gasteiger partial charge in [-0.2, -0.15) is 71.7 Å². The number of hydrogen-bond acceptors (Lipinski definition) is 4. The molecule has 2 heterocycles. The van der Waals surface area contributed by atoms with Crippen LogP contribution in [0.1, 0.15) is 36.1 Å². The van der Waals surface area contributed by atoms with E-state index in [0.717, 1.165) is 33.0 Å². The van der Waals surface area contributed by atoms with E-state index in [-0.39, 0.29) is 17.2 Å². The highest BCUT2D eigenvalue weighted by Gasteiger charge is 2.32. The largest absolute Gasteiger partial charge is 0.353 e. The molecule has 2 atom stereocenters. The summed E-state index contributed by atoms with van der Waals surface area (Å²) in [6, 6.07) is 30.8. The number of amides is 2. The fourth-order valence-corrected chi connectivity index (χ4v) is 5.61. The smallest absolute Gasteiger partial charge is 0.311 e. The maximum atomic E-state index is 13.0. The molecule has 2 aliphatic rings. The second-order valence-electron chi connectivity index (χ2n) is 11.3. The molecule has 0 saturated carbocycles. The van der Waals surface area contributed by atoms with Crippen molar-refractivity contribution in [3.05, 3.63) is 154 Å². The van der Waals surface area contributed by atoms with Crippen LogP contribution in [0.3, 0.4) is 0 Å². The van der Waals surface area contributed by atoms with E-state index in [1.165, 1.54) is 22.6 Å². The van der Waals surface area contributed by atoms with E-state index in [1.54, 1.807) is 48.5 Å². The van der Waals surface area contributed by atoms with Crippen LogP contribution in [-0.4, -0.2) is 24.0 Å². The number of carbonyl (C=O) groups is 2. The van der Waals surface area contributed by atoms with Gasteiger partial charge >= 0.3 is 11.8 Å². The summed E-state index contributed by atoms with van der Waals surface area (Å²) in [6.07, 6.45) is -0.199. The Kier molecular flexibility index (Phi) is 8.12. The van der Waals surface area contributed by atoms with Gasteiger partial charge in [-0.15, -0.1) is 0 Å². The Bertz CT molecular complexity index is 1640. The first-order valence-electron chi connectivity index (χ1n) is 14.0. The average Bonchev–Trinajstić information content (AvgIpc) is 3.56. The van der Waals surface area contributed by atoms with Crippen molar-refractivity contribution in [3.63, 3.8) is 0 Å². The Hall–Kier alpha value is -3.94. The molecular weight excluding hydrogens is 583 g/mol. The van der Waals surface area contributed by atoms with Crippen molar-refractivity contribution in [2.75, 3.05) is 0 Å². The Morgan fingerprint density at radius 1 is 0.767 bits per heavy atom. The Balaban J connectivity index is 1.10. The van der Waals surface area contributed by atoms with Crippen LogP contribution in [0, 0.1) is 13.5 Å². The van der Waals surface area contributed by atoms with Crippen LogP contribution in [0.5, 0.6) is 0 Å². The van der Waals surface area contributed by atoms with Crippen LogP contribution in [0.25, 0.3) is 0 Å². The number of benzene rings is 4. The molecule has 0 aromatic heterocycles. The number of ether oxygens (including phenoxy) is 2. The van der Waals surface area contributed by atoms with Crippen molar-refractivity contribution in [1.82, 2.24) is 9.15 Å². The second-order valence-corrected chi connectivity index (χ2v) is 12.1. The predicted molar refractivity (Wildman–Crippen MR) is 165 cm³/mol. The molecule has 6 rings (SSSR count). The van der Waals surface area contributed by atoms with E-state index in [4.69, 9.17) is 32.7 Å². The molecule has 0 N–H and O–H groups in total. The van der Waals surface area contributed by atoms with Crippen molar-refractivity contribution >= 4 is 35.0 Å². The molecule has 0 aliphatic carbocycles. The van der Waals surface area contributed by atoms with Crippen LogP contribution in [0.2, 0.25) is 10.0 Å². The van der Waals surface area contributed by atoms with Crippen LogP contribution < -0.4 is 19.9 Å². The fraction of sp³-hybridized carbons (Fsp3) is 0.200. The van der Waals surface area contributed by atoms with Gasteiger partial charge in [-0.05, 0) is 22.3 Å². The summed E-state index contributed by atoms with van der Waals surface area (Å²) in [7, 11) is 0. The zero-order valence-corrected chi connectivity index (χ0v) is 25.3. The summed E-state index contributed by atoms with van der Waals surface area (Å²) in [5.74, 6) is -0.209. The van der Waals surface area contributed by atoms with Crippen LogP contribution in [0.15, 0.2) is 97.1 Å². The van der Waals surface area contributed by atoms with Crippen LogP contribution in [0.4, 0.5) is 0 Å². The molecule has 0 spiro atoms. The molecule has 0 bridgehead atoms. The summed E-state index contributed by atoms with van der Waals surface area (Å²) in [5, 5.41) is 2.67. The molecule has 2 saturated heterocycles. The summed E-state index contributed by atoms with van der Waals surface area (Å²) in [6.45, 7) is 7.31. The van der Waals surface area contributed by atoms with Gasteiger partial charge in [0.25, 0.3) is 0 Å². The summed E-state index contributed by atoms with van der Waals surface area (Å²) >= 11 is 12.0. The van der Waals surface area contributed by atoms with Crippen molar-refractivity contribution < 1.29 is 19.1 Å². The molecule has 0 radical (unpaired) electrons. The molecule has 2 aliphatic heterocycles. The number of nitrogens with zero attached hydrogens (tertiary/aromatic N) is 2. The quantitative estimate of drug-likeness (QED) is 0.230. The molecule has 220 valence electrons. The monoisotopic (exact) mass is 612 g/mol. The van der Waals surface area contributed by atoms with E-state index in [0.29, 0.717) is 22.9 Å².